The molecule has 1 aliphatic rings. The zero-order valence-corrected chi connectivity index (χ0v) is 20.7. The van der Waals surface area contributed by atoms with Crippen LogP contribution in [0.2, 0.25) is 0 Å². The van der Waals surface area contributed by atoms with Crippen LogP contribution in [0.25, 0.3) is 21.9 Å². The number of ether oxygens (including phenoxy) is 2. The molecule has 182 valence electrons. The molecule has 0 spiro atoms. The maximum Gasteiger partial charge on any atom is 0.308 e. The first-order chi connectivity index (χ1) is 18.0. The Morgan fingerprint density at radius 3 is 1.92 bits per heavy atom. The number of carbonyl (C=O) groups excluding carboxylic acids is 1. The number of hydrogen-bond acceptors (Lipinski definition) is 4. The fourth-order valence-corrected chi connectivity index (χ4v) is 5.73. The van der Waals surface area contributed by atoms with Gasteiger partial charge in [-0.2, -0.15) is 0 Å². The van der Waals surface area contributed by atoms with Crippen molar-refractivity contribution in [2.24, 2.45) is 0 Å². The third kappa shape index (κ3) is 3.61. The molecule has 6 rings (SSSR count). The van der Waals surface area contributed by atoms with Crippen LogP contribution >= 0.6 is 0 Å². The van der Waals surface area contributed by atoms with Crippen molar-refractivity contribution in [2.45, 2.75) is 18.9 Å². The molecular formula is C33H26O4. The number of aliphatic hydroxyl groups excluding tert-OH is 1. The normalized spacial score (nSPS) is 15.8. The Bertz CT molecular complexity index is 1630. The van der Waals surface area contributed by atoms with E-state index in [9.17, 15) is 9.90 Å². The van der Waals surface area contributed by atoms with Gasteiger partial charge in [-0.05, 0) is 92.2 Å². The summed E-state index contributed by atoms with van der Waals surface area (Å²) in [6, 6.07) is 35.1. The summed E-state index contributed by atoms with van der Waals surface area (Å²) in [4.78, 5) is 11.6. The van der Waals surface area contributed by atoms with Crippen LogP contribution in [0.4, 0.5) is 0 Å². The molecule has 0 aromatic heterocycles. The van der Waals surface area contributed by atoms with E-state index in [0.717, 1.165) is 49.9 Å². The second-order valence-electron chi connectivity index (χ2n) is 9.38. The van der Waals surface area contributed by atoms with Crippen LogP contribution in [0.3, 0.4) is 0 Å². The first kappa shape index (κ1) is 23.0. The Labute approximate surface area is 215 Å². The lowest BCUT2D eigenvalue weighted by Crippen LogP contribution is -2.28. The van der Waals surface area contributed by atoms with E-state index in [4.69, 9.17) is 9.47 Å². The second kappa shape index (κ2) is 8.91. The van der Waals surface area contributed by atoms with Crippen LogP contribution in [-0.4, -0.2) is 18.2 Å². The Morgan fingerprint density at radius 2 is 1.32 bits per heavy atom. The minimum Gasteiger partial charge on any atom is -0.497 e. The monoisotopic (exact) mass is 486 g/mol. The number of hydrogen-bond donors (Lipinski definition) is 1. The molecule has 0 aliphatic heterocycles. The lowest BCUT2D eigenvalue weighted by atomic mass is 9.67. The van der Waals surface area contributed by atoms with Gasteiger partial charge in [-0.25, -0.2) is 0 Å². The van der Waals surface area contributed by atoms with Crippen LogP contribution in [0, 0.1) is 0 Å². The Morgan fingerprint density at radius 1 is 0.730 bits per heavy atom. The lowest BCUT2D eigenvalue weighted by molar-refractivity contribution is -0.131. The molecular weight excluding hydrogens is 460 g/mol. The van der Waals surface area contributed by atoms with Gasteiger partial charge >= 0.3 is 5.97 Å². The Kier molecular flexibility index (Phi) is 5.54. The molecule has 5 aromatic rings. The molecule has 1 N–H and O–H groups in total. The summed E-state index contributed by atoms with van der Waals surface area (Å²) in [7, 11) is 1.67. The van der Waals surface area contributed by atoms with Gasteiger partial charge in [-0.3, -0.25) is 4.79 Å². The van der Waals surface area contributed by atoms with Crippen molar-refractivity contribution in [1.82, 2.24) is 0 Å². The minimum atomic E-state index is -0.621. The maximum atomic E-state index is 11.6. The third-order valence-electron chi connectivity index (χ3n) is 7.32. The fraction of sp³-hybridized carbons (Fsp3) is 0.121. The van der Waals surface area contributed by atoms with Crippen molar-refractivity contribution >= 4 is 16.7 Å². The van der Waals surface area contributed by atoms with Crippen LogP contribution in [0.5, 0.6) is 11.5 Å². The van der Waals surface area contributed by atoms with E-state index >= 15 is 0 Å². The zero-order valence-electron chi connectivity index (χ0n) is 20.7. The van der Waals surface area contributed by atoms with Gasteiger partial charge in [0.05, 0.1) is 19.1 Å². The van der Waals surface area contributed by atoms with Crippen molar-refractivity contribution in [3.63, 3.8) is 0 Å². The summed E-state index contributed by atoms with van der Waals surface area (Å²) in [5.41, 5.74) is 6.96. The molecule has 0 heterocycles. The molecule has 0 amide bonds. The predicted octanol–water partition coefficient (Wildman–Crippen LogP) is 6.63. The smallest absolute Gasteiger partial charge is 0.308 e. The van der Waals surface area contributed by atoms with E-state index in [1.807, 2.05) is 42.5 Å². The highest BCUT2D eigenvalue weighted by Gasteiger charge is 2.46. The summed E-state index contributed by atoms with van der Waals surface area (Å²) in [6.45, 7) is 1.38. The molecule has 4 nitrogen and oxygen atoms in total. The number of carbonyl (C=O) groups is 1. The van der Waals surface area contributed by atoms with E-state index in [2.05, 4.69) is 60.7 Å². The number of benzene rings is 5. The molecule has 1 aliphatic carbocycles. The first-order valence-electron chi connectivity index (χ1n) is 12.3. The minimum absolute atomic E-state index is 0.0250. The number of rotatable bonds is 5. The second-order valence-corrected chi connectivity index (χ2v) is 9.38. The zero-order chi connectivity index (χ0) is 25.6. The highest BCUT2D eigenvalue weighted by atomic mass is 16.5. The molecule has 0 bridgehead atoms. The van der Waals surface area contributed by atoms with Gasteiger partial charge < -0.3 is 14.6 Å². The van der Waals surface area contributed by atoms with Crippen LogP contribution in [0.1, 0.15) is 34.7 Å². The predicted molar refractivity (Wildman–Crippen MR) is 145 cm³/mol. The highest BCUT2D eigenvalue weighted by Crippen LogP contribution is 2.57. The summed E-state index contributed by atoms with van der Waals surface area (Å²) in [6.07, 6.45) is 0. The number of esters is 1. The molecule has 5 aromatic carbocycles. The topological polar surface area (TPSA) is 55.8 Å². The van der Waals surface area contributed by atoms with Crippen LogP contribution in [-0.2, 0) is 16.8 Å². The standard InChI is InChI=1S/C33H26O4/c1-21(35)37-28-14-10-26(11-15-28)33(25-8-12-27(36-2)13-9-25)31-16-7-22(20-34)17-29(31)30-18-23-5-3-4-6-24(23)19-32(30)33/h3-19,34H,20H2,1-2H3. The Balaban J connectivity index is 1.72. The molecule has 0 saturated carbocycles. The molecule has 1 unspecified atom stereocenters. The summed E-state index contributed by atoms with van der Waals surface area (Å²) >= 11 is 0. The molecule has 37 heavy (non-hydrogen) atoms. The molecule has 0 radical (unpaired) electrons. The number of fused-ring (bicyclic) bond motifs is 4. The summed E-state index contributed by atoms with van der Waals surface area (Å²) in [5, 5.41) is 12.3. The van der Waals surface area contributed by atoms with Crippen molar-refractivity contribution in [1.29, 1.82) is 0 Å². The molecule has 4 heteroatoms. The van der Waals surface area contributed by atoms with Crippen molar-refractivity contribution in [3.05, 3.63) is 131 Å². The quantitative estimate of drug-likeness (QED) is 0.220. The van der Waals surface area contributed by atoms with Gasteiger partial charge in [0.15, 0.2) is 0 Å². The average molecular weight is 487 g/mol. The third-order valence-corrected chi connectivity index (χ3v) is 7.32. The Hall–Kier alpha value is -4.41. The van der Waals surface area contributed by atoms with E-state index < -0.39 is 5.41 Å². The number of methoxy groups -OCH3 is 1. The van der Waals surface area contributed by atoms with Crippen molar-refractivity contribution in [2.75, 3.05) is 7.11 Å². The van der Waals surface area contributed by atoms with Gasteiger partial charge in [0.25, 0.3) is 0 Å². The first-order valence-corrected chi connectivity index (χ1v) is 12.3. The molecule has 0 fully saturated rings. The van der Waals surface area contributed by atoms with Crippen molar-refractivity contribution < 1.29 is 19.4 Å². The van der Waals surface area contributed by atoms with Gasteiger partial charge in [-0.15, -0.1) is 0 Å². The van der Waals surface area contributed by atoms with Gasteiger partial charge in [0.2, 0.25) is 0 Å². The maximum absolute atomic E-state index is 11.6. The van der Waals surface area contributed by atoms with Gasteiger partial charge in [0.1, 0.15) is 11.5 Å². The van der Waals surface area contributed by atoms with E-state index in [-0.39, 0.29) is 12.6 Å². The number of aliphatic hydroxyl groups is 1. The highest BCUT2D eigenvalue weighted by molar-refractivity contribution is 5.96. The van der Waals surface area contributed by atoms with E-state index in [1.54, 1.807) is 7.11 Å². The summed E-state index contributed by atoms with van der Waals surface area (Å²) < 4.78 is 10.8. The van der Waals surface area contributed by atoms with E-state index in [0.29, 0.717) is 5.75 Å². The SMILES string of the molecule is COc1ccc(C2(c3ccc(OC(C)=O)cc3)c3ccc(CO)cc3-c3cc4ccccc4cc32)cc1. The molecule has 0 saturated heterocycles. The largest absolute Gasteiger partial charge is 0.497 e. The molecule has 1 atom stereocenters. The average Bonchev–Trinajstić information content (AvgIpc) is 3.21. The van der Waals surface area contributed by atoms with Crippen LogP contribution < -0.4 is 9.47 Å². The fourth-order valence-electron chi connectivity index (χ4n) is 5.73. The summed E-state index contributed by atoms with van der Waals surface area (Å²) in [5.74, 6) is 0.947. The van der Waals surface area contributed by atoms with Crippen LogP contribution in [0.15, 0.2) is 103 Å². The van der Waals surface area contributed by atoms with E-state index in [1.165, 1.54) is 12.5 Å². The van der Waals surface area contributed by atoms with Crippen molar-refractivity contribution in [3.8, 4) is 22.6 Å². The van der Waals surface area contributed by atoms with Gasteiger partial charge in [-0.1, -0.05) is 60.7 Å². The lowest BCUT2D eigenvalue weighted by Gasteiger charge is -2.34. The van der Waals surface area contributed by atoms with Gasteiger partial charge in [0, 0.05) is 6.92 Å².